The second-order valence-electron chi connectivity index (χ2n) is 4.37. The first kappa shape index (κ1) is 17.6. The van der Waals surface area contributed by atoms with E-state index in [4.69, 9.17) is 9.84 Å². The Morgan fingerprint density at radius 2 is 1.84 bits per heavy atom. The Bertz CT molecular complexity index is 301. The molecule has 0 spiro atoms. The number of aliphatic hydroxyl groups is 1. The molecule has 0 aliphatic heterocycles. The Kier molecular flexibility index (Phi) is 12.2. The molecule has 0 fully saturated rings. The van der Waals surface area contributed by atoms with E-state index in [0.29, 0.717) is 6.61 Å². The van der Waals surface area contributed by atoms with E-state index in [9.17, 15) is 4.79 Å². The average molecular weight is 266 g/mol. The molecule has 3 heteroatoms. The van der Waals surface area contributed by atoms with Crippen LogP contribution in [-0.4, -0.2) is 23.8 Å². The smallest absolute Gasteiger partial charge is 0.330 e. The normalized spacial score (nSPS) is 13.6. The lowest BCUT2D eigenvalue weighted by Gasteiger charge is -1.99. The summed E-state index contributed by atoms with van der Waals surface area (Å²) in [6.07, 6.45) is 16.0. The summed E-state index contributed by atoms with van der Waals surface area (Å²) in [7, 11) is 0. The average Bonchev–Trinajstić information content (AvgIpc) is 2.36. The van der Waals surface area contributed by atoms with Crippen molar-refractivity contribution in [2.75, 3.05) is 6.61 Å². The highest BCUT2D eigenvalue weighted by atomic mass is 16.5. The van der Waals surface area contributed by atoms with E-state index in [1.165, 1.54) is 6.08 Å². The Morgan fingerprint density at radius 3 is 2.53 bits per heavy atom. The molecule has 0 aromatic rings. The van der Waals surface area contributed by atoms with E-state index in [1.54, 1.807) is 13.0 Å². The largest absolute Gasteiger partial charge is 0.463 e. The quantitative estimate of drug-likeness (QED) is 0.216. The first-order valence-corrected chi connectivity index (χ1v) is 6.99. The van der Waals surface area contributed by atoms with Gasteiger partial charge >= 0.3 is 5.97 Å². The van der Waals surface area contributed by atoms with Crippen molar-refractivity contribution in [2.24, 2.45) is 0 Å². The van der Waals surface area contributed by atoms with Gasteiger partial charge in [-0.3, -0.25) is 0 Å². The summed E-state index contributed by atoms with van der Waals surface area (Å²) in [6, 6.07) is 0. The van der Waals surface area contributed by atoms with E-state index in [0.717, 1.165) is 32.1 Å². The molecule has 0 rings (SSSR count). The molecule has 0 aromatic carbocycles. The van der Waals surface area contributed by atoms with Crippen molar-refractivity contribution in [3.05, 3.63) is 36.5 Å². The fourth-order valence-corrected chi connectivity index (χ4v) is 1.46. The number of ether oxygens (including phenoxy) is 1. The van der Waals surface area contributed by atoms with Gasteiger partial charge in [0.2, 0.25) is 0 Å². The number of esters is 1. The van der Waals surface area contributed by atoms with Crippen molar-refractivity contribution in [3.8, 4) is 0 Å². The molecule has 19 heavy (non-hydrogen) atoms. The number of hydrogen-bond acceptors (Lipinski definition) is 3. The Morgan fingerprint density at radius 1 is 1.16 bits per heavy atom. The van der Waals surface area contributed by atoms with Crippen molar-refractivity contribution in [1.29, 1.82) is 0 Å². The van der Waals surface area contributed by atoms with Crippen LogP contribution in [0.25, 0.3) is 0 Å². The van der Waals surface area contributed by atoms with Crippen LogP contribution in [0.5, 0.6) is 0 Å². The highest BCUT2D eigenvalue weighted by molar-refractivity contribution is 5.82. The summed E-state index contributed by atoms with van der Waals surface area (Å²) in [6.45, 7) is 4.01. The van der Waals surface area contributed by atoms with E-state index in [1.807, 2.05) is 19.1 Å². The lowest BCUT2D eigenvalue weighted by Crippen LogP contribution is -1.98. The molecule has 0 amide bonds. The molecule has 1 unspecified atom stereocenters. The van der Waals surface area contributed by atoms with Crippen molar-refractivity contribution in [2.45, 2.75) is 52.1 Å². The van der Waals surface area contributed by atoms with Crippen molar-refractivity contribution in [3.63, 3.8) is 0 Å². The lowest BCUT2D eigenvalue weighted by atomic mass is 10.1. The van der Waals surface area contributed by atoms with Crippen molar-refractivity contribution in [1.82, 2.24) is 0 Å². The fourth-order valence-electron chi connectivity index (χ4n) is 1.46. The third-order valence-corrected chi connectivity index (χ3v) is 2.43. The third kappa shape index (κ3) is 14.6. The Hall–Kier alpha value is -1.35. The molecule has 0 aliphatic carbocycles. The summed E-state index contributed by atoms with van der Waals surface area (Å²) in [5, 5.41) is 9.08. The number of hydrogen-bond donors (Lipinski definition) is 1. The minimum Gasteiger partial charge on any atom is -0.463 e. The standard InChI is InChI=1S/C16H26O3/c1-3-19-16(18)14-12-10-8-6-4-5-7-9-11-13-15(2)17/h5,7-8,10,12,14-15,17H,3-4,6,9,11,13H2,1-2H3. The van der Waals surface area contributed by atoms with Gasteiger partial charge < -0.3 is 9.84 Å². The van der Waals surface area contributed by atoms with Crippen LogP contribution in [0.15, 0.2) is 36.5 Å². The molecular formula is C16H26O3. The number of unbranched alkanes of at least 4 members (excludes halogenated alkanes) is 2. The van der Waals surface area contributed by atoms with Crippen molar-refractivity contribution < 1.29 is 14.6 Å². The highest BCUT2D eigenvalue weighted by Crippen LogP contribution is 2.02. The Labute approximate surface area is 116 Å². The number of allylic oxidation sites excluding steroid dienone is 5. The van der Waals surface area contributed by atoms with Gasteiger partial charge in [-0.1, -0.05) is 30.4 Å². The van der Waals surface area contributed by atoms with Crippen LogP contribution >= 0.6 is 0 Å². The first-order valence-electron chi connectivity index (χ1n) is 6.99. The number of rotatable bonds is 10. The van der Waals surface area contributed by atoms with Gasteiger partial charge in [0.1, 0.15) is 0 Å². The highest BCUT2D eigenvalue weighted by Gasteiger charge is 1.92. The van der Waals surface area contributed by atoms with Gasteiger partial charge in [0.05, 0.1) is 12.7 Å². The SMILES string of the molecule is CCOC(=O)C=CC=CCCC=CCCCC(C)O. The minimum atomic E-state index is -0.301. The molecule has 0 saturated heterocycles. The Balaban J connectivity index is 3.47. The number of aliphatic hydroxyl groups excluding tert-OH is 1. The van der Waals surface area contributed by atoms with Gasteiger partial charge in [0.15, 0.2) is 0 Å². The maximum atomic E-state index is 11.0. The molecular weight excluding hydrogens is 240 g/mol. The zero-order valence-electron chi connectivity index (χ0n) is 12.0. The van der Waals surface area contributed by atoms with Gasteiger partial charge in [0, 0.05) is 6.08 Å². The zero-order chi connectivity index (χ0) is 14.3. The van der Waals surface area contributed by atoms with Crippen LogP contribution in [0.4, 0.5) is 0 Å². The second kappa shape index (κ2) is 13.1. The fraction of sp³-hybridized carbons (Fsp3) is 0.562. The molecule has 3 nitrogen and oxygen atoms in total. The zero-order valence-corrected chi connectivity index (χ0v) is 12.0. The molecule has 1 atom stereocenters. The molecule has 0 bridgehead atoms. The first-order chi connectivity index (χ1) is 9.16. The molecule has 0 saturated carbocycles. The van der Waals surface area contributed by atoms with Crippen LogP contribution in [-0.2, 0) is 9.53 Å². The van der Waals surface area contributed by atoms with E-state index < -0.39 is 0 Å². The third-order valence-electron chi connectivity index (χ3n) is 2.43. The van der Waals surface area contributed by atoms with Gasteiger partial charge in [-0.15, -0.1) is 0 Å². The van der Waals surface area contributed by atoms with Crippen LogP contribution in [0.2, 0.25) is 0 Å². The van der Waals surface area contributed by atoms with Crippen LogP contribution in [0.1, 0.15) is 46.0 Å². The number of carbonyl (C=O) groups excluding carboxylic acids is 1. The second-order valence-corrected chi connectivity index (χ2v) is 4.37. The van der Waals surface area contributed by atoms with Gasteiger partial charge in [-0.05, 0) is 46.0 Å². The van der Waals surface area contributed by atoms with E-state index in [2.05, 4.69) is 12.2 Å². The maximum absolute atomic E-state index is 11.0. The van der Waals surface area contributed by atoms with Gasteiger partial charge in [0.25, 0.3) is 0 Å². The van der Waals surface area contributed by atoms with Crippen LogP contribution < -0.4 is 0 Å². The molecule has 1 N–H and O–H groups in total. The molecule has 0 heterocycles. The summed E-state index contributed by atoms with van der Waals surface area (Å²) in [4.78, 5) is 11.0. The number of carbonyl (C=O) groups is 1. The topological polar surface area (TPSA) is 46.5 Å². The molecule has 0 aromatic heterocycles. The molecule has 108 valence electrons. The van der Waals surface area contributed by atoms with Gasteiger partial charge in [-0.25, -0.2) is 4.79 Å². The maximum Gasteiger partial charge on any atom is 0.330 e. The predicted molar refractivity (Wildman–Crippen MR) is 78.8 cm³/mol. The van der Waals surface area contributed by atoms with Crippen LogP contribution in [0.3, 0.4) is 0 Å². The molecule has 0 aliphatic rings. The summed E-state index contributed by atoms with van der Waals surface area (Å²) in [5.41, 5.74) is 0. The lowest BCUT2D eigenvalue weighted by molar-refractivity contribution is -0.137. The summed E-state index contributed by atoms with van der Waals surface area (Å²) < 4.78 is 4.75. The van der Waals surface area contributed by atoms with Crippen molar-refractivity contribution >= 4 is 5.97 Å². The van der Waals surface area contributed by atoms with E-state index >= 15 is 0 Å². The van der Waals surface area contributed by atoms with E-state index in [-0.39, 0.29) is 12.1 Å². The van der Waals surface area contributed by atoms with Crippen LogP contribution in [0, 0.1) is 0 Å². The molecule has 0 radical (unpaired) electrons. The monoisotopic (exact) mass is 266 g/mol. The summed E-state index contributed by atoms with van der Waals surface area (Å²) in [5.74, 6) is -0.301. The predicted octanol–water partition coefficient (Wildman–Crippen LogP) is 3.55. The van der Waals surface area contributed by atoms with Gasteiger partial charge in [-0.2, -0.15) is 0 Å². The minimum absolute atomic E-state index is 0.192. The summed E-state index contributed by atoms with van der Waals surface area (Å²) >= 11 is 0.